The molecule has 1 aliphatic carbocycles. The fourth-order valence-corrected chi connectivity index (χ4v) is 8.65. The molecule has 0 spiro atoms. The van der Waals surface area contributed by atoms with Gasteiger partial charge < -0.3 is 0 Å². The van der Waals surface area contributed by atoms with Crippen molar-refractivity contribution in [3.8, 4) is 0 Å². The summed E-state index contributed by atoms with van der Waals surface area (Å²) >= 11 is -1.11. The summed E-state index contributed by atoms with van der Waals surface area (Å²) in [6.45, 7) is 4.73. The molecule has 0 radical (unpaired) electrons. The minimum atomic E-state index is -1.11. The van der Waals surface area contributed by atoms with Crippen LogP contribution in [0.4, 0.5) is 0 Å². The predicted molar refractivity (Wildman–Crippen MR) is 48.6 cm³/mol. The molecular formula is C9H15In. The van der Waals surface area contributed by atoms with Crippen molar-refractivity contribution >= 4 is 21.4 Å². The monoisotopic (exact) mass is 238 g/mol. The summed E-state index contributed by atoms with van der Waals surface area (Å²) in [6.07, 6.45) is 8.19. The molecule has 0 saturated carbocycles. The molecule has 0 fully saturated rings. The molecule has 0 aromatic heterocycles. The first-order valence-corrected chi connectivity index (χ1v) is 10.5. The van der Waals surface area contributed by atoms with Crippen LogP contribution in [0.2, 0.25) is 8.35 Å². The van der Waals surface area contributed by atoms with Gasteiger partial charge in [0.1, 0.15) is 0 Å². The van der Waals surface area contributed by atoms with E-state index >= 15 is 0 Å². The SMILES string of the molecule is C[CH2][In]([CH2]C)[C]1=CC=CC1. The number of allylic oxidation sites excluding steroid dienone is 4. The van der Waals surface area contributed by atoms with Gasteiger partial charge in [-0.2, -0.15) is 0 Å². The zero-order chi connectivity index (χ0) is 7.40. The van der Waals surface area contributed by atoms with Crippen molar-refractivity contribution in [2.45, 2.75) is 28.6 Å². The van der Waals surface area contributed by atoms with Gasteiger partial charge in [0.15, 0.2) is 0 Å². The summed E-state index contributed by atoms with van der Waals surface area (Å²) < 4.78 is 4.85. The van der Waals surface area contributed by atoms with Gasteiger partial charge in [0.25, 0.3) is 0 Å². The summed E-state index contributed by atoms with van der Waals surface area (Å²) in [5, 5.41) is 0. The Bertz CT molecular complexity index is 152. The van der Waals surface area contributed by atoms with E-state index in [4.69, 9.17) is 0 Å². The number of hydrogen-bond donors (Lipinski definition) is 0. The van der Waals surface area contributed by atoms with Crippen LogP contribution in [0.5, 0.6) is 0 Å². The van der Waals surface area contributed by atoms with Crippen LogP contribution in [0.1, 0.15) is 20.3 Å². The molecule has 0 N–H and O–H groups in total. The first kappa shape index (κ1) is 8.45. The van der Waals surface area contributed by atoms with Crippen LogP contribution in [0.3, 0.4) is 0 Å². The van der Waals surface area contributed by atoms with Crippen LogP contribution >= 0.6 is 0 Å². The third-order valence-corrected chi connectivity index (χ3v) is 12.2. The van der Waals surface area contributed by atoms with Crippen molar-refractivity contribution in [2.75, 3.05) is 0 Å². The standard InChI is InChI=1S/C5H5.2C2H5.In/c1-2-4-5-3-1;2*1-2;/h1-3H,4H2;2*1H2,2H3;. The van der Waals surface area contributed by atoms with Gasteiger partial charge in [-0.25, -0.2) is 0 Å². The molecule has 0 aromatic rings. The number of hydrogen-bond acceptors (Lipinski definition) is 0. The van der Waals surface area contributed by atoms with E-state index in [-0.39, 0.29) is 0 Å². The summed E-state index contributed by atoms with van der Waals surface area (Å²) in [7, 11) is 0. The fraction of sp³-hybridized carbons (Fsp3) is 0.556. The van der Waals surface area contributed by atoms with Crippen LogP contribution < -0.4 is 0 Å². The second-order valence-corrected chi connectivity index (χ2v) is 13.6. The molecular weight excluding hydrogens is 223 g/mol. The Morgan fingerprint density at radius 3 is 2.50 bits per heavy atom. The van der Waals surface area contributed by atoms with Crippen LogP contribution in [-0.4, -0.2) is 21.4 Å². The molecule has 0 atom stereocenters. The average molecular weight is 238 g/mol. The molecule has 0 amide bonds. The maximum atomic E-state index is 2.37. The Morgan fingerprint density at radius 1 is 1.40 bits per heavy atom. The van der Waals surface area contributed by atoms with E-state index in [2.05, 4.69) is 32.1 Å². The van der Waals surface area contributed by atoms with Gasteiger partial charge in [0, 0.05) is 0 Å². The molecule has 10 heavy (non-hydrogen) atoms. The molecule has 0 unspecified atom stereocenters. The van der Waals surface area contributed by atoms with Gasteiger partial charge >= 0.3 is 71.6 Å². The summed E-state index contributed by atoms with van der Waals surface area (Å²) in [5.74, 6) is 0. The number of rotatable bonds is 3. The first-order chi connectivity index (χ1) is 4.88. The summed E-state index contributed by atoms with van der Waals surface area (Å²) in [5.41, 5.74) is 0. The molecule has 54 valence electrons. The molecule has 1 aliphatic rings. The van der Waals surface area contributed by atoms with Crippen LogP contribution in [-0.2, 0) is 0 Å². The van der Waals surface area contributed by atoms with Gasteiger partial charge in [-0.05, 0) is 0 Å². The van der Waals surface area contributed by atoms with Crippen LogP contribution in [0.15, 0.2) is 21.6 Å². The quantitative estimate of drug-likeness (QED) is 0.709. The van der Waals surface area contributed by atoms with E-state index in [1.807, 2.05) is 3.33 Å². The molecule has 0 saturated heterocycles. The summed E-state index contributed by atoms with van der Waals surface area (Å²) in [6, 6.07) is 0. The Kier molecular flexibility index (Phi) is 3.61. The van der Waals surface area contributed by atoms with Crippen LogP contribution in [0.25, 0.3) is 0 Å². The van der Waals surface area contributed by atoms with E-state index in [9.17, 15) is 0 Å². The van der Waals surface area contributed by atoms with E-state index in [1.165, 1.54) is 14.8 Å². The second-order valence-electron chi connectivity index (χ2n) is 2.89. The second kappa shape index (κ2) is 4.27. The van der Waals surface area contributed by atoms with Crippen molar-refractivity contribution in [1.82, 2.24) is 0 Å². The Hall–Kier alpha value is 0.350. The Morgan fingerprint density at radius 2 is 2.10 bits per heavy atom. The topological polar surface area (TPSA) is 0 Å². The molecule has 0 aromatic carbocycles. The maximum absolute atomic E-state index is 2.37. The molecule has 0 nitrogen and oxygen atoms in total. The van der Waals surface area contributed by atoms with Crippen molar-refractivity contribution < 1.29 is 0 Å². The zero-order valence-electron chi connectivity index (χ0n) is 6.93. The fourth-order valence-electron chi connectivity index (χ4n) is 1.58. The average Bonchev–Trinajstić information content (AvgIpc) is 2.43. The van der Waals surface area contributed by atoms with Crippen molar-refractivity contribution in [2.24, 2.45) is 0 Å². The van der Waals surface area contributed by atoms with Crippen molar-refractivity contribution in [3.05, 3.63) is 21.6 Å². The third kappa shape index (κ3) is 1.91. The van der Waals surface area contributed by atoms with E-state index in [0.29, 0.717) is 0 Å². The van der Waals surface area contributed by atoms with Gasteiger partial charge in [-0.1, -0.05) is 0 Å². The third-order valence-electron chi connectivity index (χ3n) is 2.31. The van der Waals surface area contributed by atoms with E-state index in [1.54, 1.807) is 0 Å². The molecule has 0 aliphatic heterocycles. The van der Waals surface area contributed by atoms with Gasteiger partial charge in [0.05, 0.1) is 0 Å². The first-order valence-electron chi connectivity index (χ1n) is 4.24. The van der Waals surface area contributed by atoms with Crippen molar-refractivity contribution in [3.63, 3.8) is 0 Å². The zero-order valence-corrected chi connectivity index (χ0v) is 10.2. The molecule has 0 bridgehead atoms. The van der Waals surface area contributed by atoms with E-state index in [0.717, 1.165) is 0 Å². The molecule has 1 rings (SSSR count). The van der Waals surface area contributed by atoms with Gasteiger partial charge in [-0.15, -0.1) is 0 Å². The van der Waals surface area contributed by atoms with Crippen LogP contribution in [0, 0.1) is 0 Å². The molecule has 1 heteroatoms. The summed E-state index contributed by atoms with van der Waals surface area (Å²) in [4.78, 5) is 0. The van der Waals surface area contributed by atoms with E-state index < -0.39 is 21.4 Å². The van der Waals surface area contributed by atoms with Gasteiger partial charge in [0.2, 0.25) is 0 Å². The van der Waals surface area contributed by atoms with Crippen molar-refractivity contribution in [1.29, 1.82) is 0 Å². The van der Waals surface area contributed by atoms with Gasteiger partial charge in [-0.3, -0.25) is 0 Å². The Labute approximate surface area is 71.5 Å². The minimum absolute atomic E-state index is 1.11. The normalized spacial score (nSPS) is 15.6. The molecule has 0 heterocycles. The predicted octanol–water partition coefficient (Wildman–Crippen LogP) is 2.95. The Balaban J connectivity index is 2.47.